The Labute approximate surface area is 151 Å². The third kappa shape index (κ3) is 3.17. The van der Waals surface area contributed by atoms with E-state index in [1.807, 2.05) is 0 Å². The zero-order valence-electron chi connectivity index (χ0n) is 13.8. The molecule has 2 N–H and O–H groups in total. The summed E-state index contributed by atoms with van der Waals surface area (Å²) in [7, 11) is -3.73. The molecule has 1 saturated carbocycles. The van der Waals surface area contributed by atoms with Gasteiger partial charge in [-0.1, -0.05) is 24.3 Å². The number of thioether (sulfide) groups is 1. The van der Waals surface area contributed by atoms with Gasteiger partial charge < -0.3 is 0 Å². The molecule has 2 aliphatic rings. The largest absolute Gasteiger partial charge is 0.255 e. The molecule has 1 fully saturated rings. The minimum atomic E-state index is -3.73. The molecule has 1 heterocycles. The van der Waals surface area contributed by atoms with Crippen LogP contribution in [0.2, 0.25) is 0 Å². The maximum Gasteiger partial charge on any atom is 0.239 e. The quantitative estimate of drug-likeness (QED) is 0.833. The summed E-state index contributed by atoms with van der Waals surface area (Å²) in [5, 5.41) is 5.16. The summed E-state index contributed by atoms with van der Waals surface area (Å²) < 4.78 is 22.9. The van der Waals surface area contributed by atoms with E-state index in [9.17, 15) is 8.42 Å². The van der Waals surface area contributed by atoms with Crippen LogP contribution in [0.1, 0.15) is 24.1 Å². The van der Waals surface area contributed by atoms with Crippen molar-refractivity contribution in [2.24, 2.45) is 10.6 Å². The highest BCUT2D eigenvalue weighted by atomic mass is 32.2. The highest BCUT2D eigenvalue weighted by molar-refractivity contribution is 7.98. The second-order valence-corrected chi connectivity index (χ2v) is 8.94. The molecule has 4 rings (SSSR count). The van der Waals surface area contributed by atoms with Gasteiger partial charge in [-0.2, -0.15) is 0 Å². The Bertz CT molecular complexity index is 985. The fourth-order valence-corrected chi connectivity index (χ4v) is 4.00. The number of nitrogens with two attached hydrogens (primary N) is 1. The first-order valence-corrected chi connectivity index (χ1v) is 10.8. The van der Waals surface area contributed by atoms with Gasteiger partial charge in [0.15, 0.2) is 0 Å². The lowest BCUT2D eigenvalue weighted by Gasteiger charge is -2.10. The summed E-state index contributed by atoms with van der Waals surface area (Å²) in [5.74, 6) is 0. The summed E-state index contributed by atoms with van der Waals surface area (Å²) >= 11 is 1.72. The Morgan fingerprint density at radius 1 is 1.04 bits per heavy atom. The highest BCUT2D eigenvalue weighted by Crippen LogP contribution is 2.57. The van der Waals surface area contributed by atoms with E-state index in [0.29, 0.717) is 0 Å². The maximum atomic E-state index is 11.4. The van der Waals surface area contributed by atoms with Crippen molar-refractivity contribution in [3.05, 3.63) is 66.0 Å². The van der Waals surface area contributed by atoms with Crippen LogP contribution in [0.25, 0.3) is 11.1 Å². The molecular weight excluding hydrogens is 352 g/mol. The number of aromatic nitrogens is 1. The topological polar surface area (TPSA) is 73.1 Å². The van der Waals surface area contributed by atoms with Gasteiger partial charge in [-0.15, -0.1) is 11.8 Å². The van der Waals surface area contributed by atoms with Gasteiger partial charge in [0.05, 0.1) is 5.69 Å². The lowest BCUT2D eigenvalue weighted by Crippen LogP contribution is -2.12. The molecule has 0 saturated heterocycles. The van der Waals surface area contributed by atoms with Crippen LogP contribution in [0.5, 0.6) is 0 Å². The monoisotopic (exact) mass is 370 g/mol. The first-order chi connectivity index (χ1) is 11.9. The molecule has 1 aromatic carbocycles. The smallest absolute Gasteiger partial charge is 0.239 e. The molecule has 0 aliphatic heterocycles. The normalized spacial score (nSPS) is 18.2. The van der Waals surface area contributed by atoms with E-state index in [4.69, 9.17) is 5.14 Å². The van der Waals surface area contributed by atoms with E-state index in [0.717, 1.165) is 29.7 Å². The van der Waals surface area contributed by atoms with E-state index < -0.39 is 10.0 Å². The molecule has 25 heavy (non-hydrogen) atoms. The highest BCUT2D eigenvalue weighted by Gasteiger charge is 2.43. The van der Waals surface area contributed by atoms with Gasteiger partial charge in [0.2, 0.25) is 10.0 Å². The van der Waals surface area contributed by atoms with Crippen LogP contribution in [0, 0.1) is 5.41 Å². The second-order valence-electron chi connectivity index (χ2n) is 6.50. The maximum absolute atomic E-state index is 11.4. The first kappa shape index (κ1) is 16.6. The van der Waals surface area contributed by atoms with Gasteiger partial charge in [-0.05, 0) is 54.5 Å². The number of primary sulfonamides is 1. The Morgan fingerprint density at radius 3 is 2.24 bits per heavy atom. The molecule has 0 amide bonds. The van der Waals surface area contributed by atoms with Crippen molar-refractivity contribution in [2.75, 3.05) is 6.26 Å². The van der Waals surface area contributed by atoms with Crippen LogP contribution < -0.4 is 5.14 Å². The molecule has 6 heteroatoms. The molecular formula is C19H18N2O2S2. The molecule has 1 spiro atoms. The van der Waals surface area contributed by atoms with Crippen molar-refractivity contribution in [1.82, 2.24) is 4.98 Å². The average molecular weight is 370 g/mol. The average Bonchev–Trinajstić information content (AvgIpc) is 3.25. The summed E-state index contributed by atoms with van der Waals surface area (Å²) in [6.07, 6.45) is 10.3. The molecule has 2 aliphatic carbocycles. The Kier molecular flexibility index (Phi) is 3.86. The van der Waals surface area contributed by atoms with Crippen molar-refractivity contribution in [3.8, 4) is 0 Å². The number of benzene rings is 1. The van der Waals surface area contributed by atoms with Crippen LogP contribution in [0.4, 0.5) is 0 Å². The predicted molar refractivity (Wildman–Crippen MR) is 101 cm³/mol. The number of allylic oxidation sites excluding steroid dienone is 4. The fourth-order valence-electron chi connectivity index (χ4n) is 3.13. The zero-order chi connectivity index (χ0) is 17.7. The standard InChI is InChI=1S/C19H18N2O2S2/c1-24-14-4-2-13(3-5-14)16-10-19(8-9-19)11-17(16)18-7-6-15(12-21-18)25(20,22)23/h2-7,10-12H,8-9H2,1H3,(H2,20,22,23). The SMILES string of the molecule is CSc1ccc(C2=CC3(C=C2c2ccc(S(N)(=O)=O)cn2)CC3)cc1. The van der Waals surface area contributed by atoms with Crippen LogP contribution in [-0.2, 0) is 10.0 Å². The van der Waals surface area contributed by atoms with Crippen LogP contribution in [-0.4, -0.2) is 19.7 Å². The number of sulfonamides is 1. The molecule has 0 unspecified atom stereocenters. The van der Waals surface area contributed by atoms with Gasteiger partial charge in [0.25, 0.3) is 0 Å². The minimum Gasteiger partial charge on any atom is -0.255 e. The molecule has 2 aromatic rings. The van der Waals surface area contributed by atoms with E-state index in [-0.39, 0.29) is 10.3 Å². The molecule has 0 bridgehead atoms. The van der Waals surface area contributed by atoms with Crippen molar-refractivity contribution in [1.29, 1.82) is 0 Å². The van der Waals surface area contributed by atoms with Gasteiger partial charge in [0, 0.05) is 22.1 Å². The molecule has 0 atom stereocenters. The van der Waals surface area contributed by atoms with E-state index in [2.05, 4.69) is 47.7 Å². The van der Waals surface area contributed by atoms with Crippen molar-refractivity contribution < 1.29 is 8.42 Å². The third-order valence-electron chi connectivity index (χ3n) is 4.72. The molecule has 128 valence electrons. The number of nitrogens with zero attached hydrogens (tertiary/aromatic N) is 1. The van der Waals surface area contributed by atoms with Crippen molar-refractivity contribution >= 4 is 32.9 Å². The molecule has 1 aromatic heterocycles. The molecule has 4 nitrogen and oxygen atoms in total. The summed E-state index contributed by atoms with van der Waals surface area (Å²) in [6.45, 7) is 0. The van der Waals surface area contributed by atoms with Crippen LogP contribution in [0.3, 0.4) is 0 Å². The second kappa shape index (κ2) is 5.83. The Balaban J connectivity index is 1.73. The number of pyridine rings is 1. The fraction of sp³-hybridized carbons (Fsp3) is 0.211. The summed E-state index contributed by atoms with van der Waals surface area (Å²) in [5.41, 5.74) is 4.32. The Hall–Kier alpha value is -1.89. The van der Waals surface area contributed by atoms with Gasteiger partial charge in [0.1, 0.15) is 4.90 Å². The third-order valence-corrected chi connectivity index (χ3v) is 6.37. The van der Waals surface area contributed by atoms with Gasteiger partial charge in [-0.3, -0.25) is 4.98 Å². The number of hydrogen-bond acceptors (Lipinski definition) is 4. The minimum absolute atomic E-state index is 0.0332. The van der Waals surface area contributed by atoms with Gasteiger partial charge >= 0.3 is 0 Å². The zero-order valence-corrected chi connectivity index (χ0v) is 15.4. The predicted octanol–water partition coefficient (Wildman–Crippen LogP) is 3.71. The van der Waals surface area contributed by atoms with Gasteiger partial charge in [-0.25, -0.2) is 13.6 Å². The van der Waals surface area contributed by atoms with E-state index >= 15 is 0 Å². The Morgan fingerprint density at radius 2 is 1.72 bits per heavy atom. The van der Waals surface area contributed by atoms with Crippen molar-refractivity contribution in [3.63, 3.8) is 0 Å². The first-order valence-electron chi connectivity index (χ1n) is 8.00. The van der Waals surface area contributed by atoms with Crippen LogP contribution >= 0.6 is 11.8 Å². The van der Waals surface area contributed by atoms with Crippen molar-refractivity contribution in [2.45, 2.75) is 22.6 Å². The lowest BCUT2D eigenvalue weighted by atomic mass is 9.98. The number of hydrogen-bond donors (Lipinski definition) is 1. The molecule has 0 radical (unpaired) electrons. The summed E-state index contributed by atoms with van der Waals surface area (Å²) in [4.78, 5) is 5.62. The number of rotatable bonds is 4. The van der Waals surface area contributed by atoms with Crippen LogP contribution in [0.15, 0.2) is 64.5 Å². The van der Waals surface area contributed by atoms with E-state index in [1.165, 1.54) is 22.7 Å². The van der Waals surface area contributed by atoms with E-state index in [1.54, 1.807) is 17.8 Å². The summed E-state index contributed by atoms with van der Waals surface area (Å²) in [6, 6.07) is 11.8. The lowest BCUT2D eigenvalue weighted by molar-refractivity contribution is 0.597.